The molecule has 1 amide bonds. The Bertz CT molecular complexity index is 1030. The van der Waals surface area contributed by atoms with Gasteiger partial charge in [0, 0.05) is 25.4 Å². The van der Waals surface area contributed by atoms with Crippen LogP contribution in [0.25, 0.3) is 11.0 Å². The van der Waals surface area contributed by atoms with E-state index in [-0.39, 0.29) is 17.6 Å². The monoisotopic (exact) mass is 421 g/mol. The smallest absolute Gasteiger partial charge is 0.227 e. The molecule has 1 aromatic heterocycles. The number of hydrogen-bond donors (Lipinski definition) is 0. The first kappa shape index (κ1) is 21.5. The molecule has 164 valence electrons. The fraction of sp³-hybridized carbons (Fsp3) is 0.462. The first-order valence-corrected chi connectivity index (χ1v) is 11.7. The van der Waals surface area contributed by atoms with Gasteiger partial charge in [0.1, 0.15) is 11.6 Å². The molecule has 4 nitrogen and oxygen atoms in total. The van der Waals surface area contributed by atoms with Crippen molar-refractivity contribution in [2.75, 3.05) is 11.4 Å². The molecule has 0 saturated carbocycles. The first-order valence-electron chi connectivity index (χ1n) is 11.7. The number of unbranched alkanes of at least 4 members (excludes halogenated alkanes) is 6. The molecule has 0 bridgehead atoms. The number of para-hydroxylation sites is 3. The maximum absolute atomic E-state index is 14.3. The van der Waals surface area contributed by atoms with Crippen LogP contribution in [-0.4, -0.2) is 22.0 Å². The molecule has 0 radical (unpaired) electrons. The van der Waals surface area contributed by atoms with E-state index in [2.05, 4.69) is 17.6 Å². The molecule has 2 aromatic carbocycles. The standard InChI is InChI=1S/C26H32FN3O/c1-2-3-4-5-6-7-12-17-29-24-16-11-9-14-22(24)28-26(29)20-18-25(31)30(19-20)23-15-10-8-13-21(23)27/h8-11,13-16,20H,2-7,12,17-19H2,1H3. The minimum absolute atomic E-state index is 0.0240. The minimum atomic E-state index is -0.354. The van der Waals surface area contributed by atoms with Gasteiger partial charge in [0.15, 0.2) is 0 Å². The zero-order chi connectivity index (χ0) is 21.6. The maximum Gasteiger partial charge on any atom is 0.227 e. The van der Waals surface area contributed by atoms with E-state index in [1.54, 1.807) is 23.1 Å². The highest BCUT2D eigenvalue weighted by Crippen LogP contribution is 2.34. The molecule has 0 aliphatic carbocycles. The number of carbonyl (C=O) groups is 1. The van der Waals surface area contributed by atoms with E-state index in [1.165, 1.54) is 44.6 Å². The van der Waals surface area contributed by atoms with Crippen molar-refractivity contribution in [3.63, 3.8) is 0 Å². The van der Waals surface area contributed by atoms with Gasteiger partial charge in [0.25, 0.3) is 0 Å². The zero-order valence-corrected chi connectivity index (χ0v) is 18.4. The van der Waals surface area contributed by atoms with E-state index in [4.69, 9.17) is 4.98 Å². The van der Waals surface area contributed by atoms with Crippen LogP contribution in [0.4, 0.5) is 10.1 Å². The fourth-order valence-electron chi connectivity index (χ4n) is 4.65. The number of carbonyl (C=O) groups excluding carboxylic acids is 1. The van der Waals surface area contributed by atoms with E-state index in [0.29, 0.717) is 18.7 Å². The predicted octanol–water partition coefficient (Wildman–Crippen LogP) is 6.45. The van der Waals surface area contributed by atoms with E-state index >= 15 is 0 Å². The Balaban J connectivity index is 1.50. The lowest BCUT2D eigenvalue weighted by Crippen LogP contribution is -2.25. The molecular formula is C26H32FN3O. The van der Waals surface area contributed by atoms with Crippen molar-refractivity contribution in [2.45, 2.75) is 70.8 Å². The molecule has 0 N–H and O–H groups in total. The quantitative estimate of drug-likeness (QED) is 0.353. The van der Waals surface area contributed by atoms with Crippen molar-refractivity contribution in [3.05, 3.63) is 60.2 Å². The number of aryl methyl sites for hydroxylation is 1. The molecule has 4 rings (SSSR count). The van der Waals surface area contributed by atoms with Crippen molar-refractivity contribution in [1.29, 1.82) is 0 Å². The zero-order valence-electron chi connectivity index (χ0n) is 18.4. The van der Waals surface area contributed by atoms with Gasteiger partial charge >= 0.3 is 0 Å². The second-order valence-electron chi connectivity index (χ2n) is 8.59. The lowest BCUT2D eigenvalue weighted by molar-refractivity contribution is -0.117. The number of benzene rings is 2. The topological polar surface area (TPSA) is 38.1 Å². The van der Waals surface area contributed by atoms with Crippen LogP contribution < -0.4 is 4.90 Å². The second kappa shape index (κ2) is 10.1. The van der Waals surface area contributed by atoms with Crippen LogP contribution in [0.5, 0.6) is 0 Å². The van der Waals surface area contributed by atoms with Crippen molar-refractivity contribution in [3.8, 4) is 0 Å². The van der Waals surface area contributed by atoms with Crippen LogP contribution in [0.3, 0.4) is 0 Å². The van der Waals surface area contributed by atoms with Gasteiger partial charge in [-0.3, -0.25) is 4.79 Å². The predicted molar refractivity (Wildman–Crippen MR) is 124 cm³/mol. The number of nitrogens with zero attached hydrogens (tertiary/aromatic N) is 3. The Hall–Kier alpha value is -2.69. The van der Waals surface area contributed by atoms with Crippen molar-refractivity contribution in [1.82, 2.24) is 9.55 Å². The summed E-state index contributed by atoms with van der Waals surface area (Å²) < 4.78 is 16.6. The second-order valence-corrected chi connectivity index (χ2v) is 8.59. The molecule has 1 fully saturated rings. The largest absolute Gasteiger partial charge is 0.328 e. The van der Waals surface area contributed by atoms with Crippen LogP contribution in [-0.2, 0) is 11.3 Å². The molecule has 1 aliphatic rings. The summed E-state index contributed by atoms with van der Waals surface area (Å²) in [5.74, 6) is 0.543. The highest BCUT2D eigenvalue weighted by molar-refractivity contribution is 5.96. The average molecular weight is 422 g/mol. The summed E-state index contributed by atoms with van der Waals surface area (Å²) in [6.45, 7) is 3.63. The molecule has 1 atom stereocenters. The highest BCUT2D eigenvalue weighted by atomic mass is 19.1. The average Bonchev–Trinajstić information content (AvgIpc) is 3.34. The maximum atomic E-state index is 14.3. The van der Waals surface area contributed by atoms with Gasteiger partial charge < -0.3 is 9.47 Å². The summed E-state index contributed by atoms with van der Waals surface area (Å²) in [4.78, 5) is 19.2. The van der Waals surface area contributed by atoms with E-state index < -0.39 is 0 Å². The van der Waals surface area contributed by atoms with Crippen LogP contribution in [0.2, 0.25) is 0 Å². The number of amides is 1. The van der Waals surface area contributed by atoms with Gasteiger partial charge in [-0.05, 0) is 30.7 Å². The highest BCUT2D eigenvalue weighted by Gasteiger charge is 2.35. The lowest BCUT2D eigenvalue weighted by atomic mass is 10.1. The molecule has 2 heterocycles. The molecule has 1 unspecified atom stereocenters. The first-order chi connectivity index (χ1) is 15.2. The van der Waals surface area contributed by atoms with Gasteiger partial charge in [-0.25, -0.2) is 9.37 Å². The molecule has 5 heteroatoms. The van der Waals surface area contributed by atoms with Crippen LogP contribution in [0.1, 0.15) is 70.0 Å². The van der Waals surface area contributed by atoms with E-state index in [1.807, 2.05) is 18.2 Å². The Kier molecular flexibility index (Phi) is 7.00. The van der Waals surface area contributed by atoms with Crippen molar-refractivity contribution >= 4 is 22.6 Å². The Morgan fingerprint density at radius 1 is 0.968 bits per heavy atom. The summed E-state index contributed by atoms with van der Waals surface area (Å²) in [6, 6.07) is 14.7. The molecular weight excluding hydrogens is 389 g/mol. The third kappa shape index (κ3) is 4.81. The fourth-order valence-corrected chi connectivity index (χ4v) is 4.65. The summed E-state index contributed by atoms with van der Waals surface area (Å²) >= 11 is 0. The number of aromatic nitrogens is 2. The summed E-state index contributed by atoms with van der Waals surface area (Å²) in [5, 5.41) is 0. The third-order valence-corrected chi connectivity index (χ3v) is 6.30. The van der Waals surface area contributed by atoms with Gasteiger partial charge in [-0.15, -0.1) is 0 Å². The molecule has 1 aliphatic heterocycles. The number of anilines is 1. The SMILES string of the molecule is CCCCCCCCCn1c(C2CC(=O)N(c3ccccc3F)C2)nc2ccccc21. The van der Waals surface area contributed by atoms with Gasteiger partial charge in [0.2, 0.25) is 5.91 Å². The Labute approximate surface area is 184 Å². The Morgan fingerprint density at radius 3 is 2.48 bits per heavy atom. The lowest BCUT2D eigenvalue weighted by Gasteiger charge is -2.18. The summed E-state index contributed by atoms with van der Waals surface area (Å²) in [6.07, 6.45) is 9.18. The number of fused-ring (bicyclic) bond motifs is 1. The molecule has 3 aromatic rings. The van der Waals surface area contributed by atoms with Crippen molar-refractivity contribution in [2.24, 2.45) is 0 Å². The molecule has 31 heavy (non-hydrogen) atoms. The molecule has 0 spiro atoms. The number of hydrogen-bond acceptors (Lipinski definition) is 2. The van der Waals surface area contributed by atoms with Gasteiger partial charge in [-0.2, -0.15) is 0 Å². The van der Waals surface area contributed by atoms with E-state index in [0.717, 1.165) is 29.8 Å². The molecule has 1 saturated heterocycles. The van der Waals surface area contributed by atoms with E-state index in [9.17, 15) is 9.18 Å². The van der Waals surface area contributed by atoms with Gasteiger partial charge in [-0.1, -0.05) is 69.7 Å². The van der Waals surface area contributed by atoms with Gasteiger partial charge in [0.05, 0.1) is 16.7 Å². The number of halogens is 1. The van der Waals surface area contributed by atoms with Crippen LogP contribution in [0.15, 0.2) is 48.5 Å². The van der Waals surface area contributed by atoms with Crippen LogP contribution in [0, 0.1) is 5.82 Å². The Morgan fingerprint density at radius 2 is 1.68 bits per heavy atom. The van der Waals surface area contributed by atoms with Crippen molar-refractivity contribution < 1.29 is 9.18 Å². The summed E-state index contributed by atoms with van der Waals surface area (Å²) in [7, 11) is 0. The third-order valence-electron chi connectivity index (χ3n) is 6.30. The van der Waals surface area contributed by atoms with Crippen LogP contribution >= 0.6 is 0 Å². The summed E-state index contributed by atoms with van der Waals surface area (Å²) in [5.41, 5.74) is 2.46. The minimum Gasteiger partial charge on any atom is -0.328 e. The normalized spacial score (nSPS) is 16.5. The number of rotatable bonds is 10. The number of imidazole rings is 1.